The van der Waals surface area contributed by atoms with Crippen LogP contribution in [0.25, 0.3) is 0 Å². The van der Waals surface area contributed by atoms with E-state index in [1.807, 2.05) is 0 Å². The number of piperidine rings is 1. The largest absolute Gasteiger partial charge is 0.382 e. The summed E-state index contributed by atoms with van der Waals surface area (Å²) in [5, 5.41) is 9.00. The maximum atomic E-state index is 11.0. The van der Waals surface area contributed by atoms with Gasteiger partial charge in [0.1, 0.15) is 6.10 Å². The van der Waals surface area contributed by atoms with E-state index >= 15 is 0 Å². The molecule has 0 bridgehead atoms. The molecule has 6 nitrogen and oxygen atoms in total. The SMILES string of the molecule is COCCOC(C#N)CC1CCN(C(N)=O)CC1. The summed E-state index contributed by atoms with van der Waals surface area (Å²) in [6, 6.07) is 1.80. The Morgan fingerprint density at radius 2 is 2.17 bits per heavy atom. The number of carbonyl (C=O) groups excluding carboxylic acids is 1. The van der Waals surface area contributed by atoms with Crippen molar-refractivity contribution < 1.29 is 14.3 Å². The Balaban J connectivity index is 2.26. The topological polar surface area (TPSA) is 88.6 Å². The van der Waals surface area contributed by atoms with Crippen LogP contribution in [0.5, 0.6) is 0 Å². The summed E-state index contributed by atoms with van der Waals surface area (Å²) in [7, 11) is 1.60. The van der Waals surface area contributed by atoms with Crippen LogP contribution in [0.2, 0.25) is 0 Å². The molecule has 0 aromatic carbocycles. The molecule has 2 N–H and O–H groups in total. The summed E-state index contributed by atoms with van der Waals surface area (Å²) in [4.78, 5) is 12.6. The van der Waals surface area contributed by atoms with Crippen molar-refractivity contribution in [3.63, 3.8) is 0 Å². The first-order valence-corrected chi connectivity index (χ1v) is 6.22. The van der Waals surface area contributed by atoms with Crippen molar-refractivity contribution in [2.45, 2.75) is 25.4 Å². The maximum absolute atomic E-state index is 11.0. The number of primary amides is 1. The van der Waals surface area contributed by atoms with Crippen molar-refractivity contribution in [3.05, 3.63) is 0 Å². The molecule has 1 rings (SSSR count). The predicted octanol–water partition coefficient (Wildman–Crippen LogP) is 0.722. The molecule has 1 aliphatic rings. The fraction of sp³-hybridized carbons (Fsp3) is 0.833. The molecule has 1 unspecified atom stereocenters. The number of amides is 2. The number of nitrogens with zero attached hydrogens (tertiary/aromatic N) is 2. The zero-order valence-corrected chi connectivity index (χ0v) is 10.8. The second-order valence-electron chi connectivity index (χ2n) is 4.49. The maximum Gasteiger partial charge on any atom is 0.314 e. The minimum Gasteiger partial charge on any atom is -0.382 e. The van der Waals surface area contributed by atoms with Crippen LogP contribution in [0.4, 0.5) is 4.79 Å². The second-order valence-corrected chi connectivity index (χ2v) is 4.49. The fourth-order valence-corrected chi connectivity index (χ4v) is 2.12. The number of likely N-dealkylation sites (tertiary alicyclic amines) is 1. The summed E-state index contributed by atoms with van der Waals surface area (Å²) < 4.78 is 10.3. The minimum absolute atomic E-state index is 0.360. The lowest BCUT2D eigenvalue weighted by atomic mass is 9.91. The Labute approximate surface area is 108 Å². The van der Waals surface area contributed by atoms with Crippen LogP contribution in [0, 0.1) is 17.2 Å². The first-order chi connectivity index (χ1) is 8.67. The van der Waals surface area contributed by atoms with E-state index in [1.54, 1.807) is 12.0 Å². The van der Waals surface area contributed by atoms with Gasteiger partial charge in [-0.3, -0.25) is 0 Å². The molecular weight excluding hydrogens is 234 g/mol. The van der Waals surface area contributed by atoms with E-state index in [0.29, 0.717) is 38.6 Å². The van der Waals surface area contributed by atoms with Gasteiger partial charge in [-0.2, -0.15) is 5.26 Å². The molecule has 18 heavy (non-hydrogen) atoms. The molecule has 0 aromatic rings. The quantitative estimate of drug-likeness (QED) is 0.708. The number of nitrogens with two attached hydrogens (primary N) is 1. The molecule has 0 spiro atoms. The summed E-state index contributed by atoms with van der Waals surface area (Å²) >= 11 is 0. The predicted molar refractivity (Wildman–Crippen MR) is 65.7 cm³/mol. The van der Waals surface area contributed by atoms with Gasteiger partial charge in [0.15, 0.2) is 0 Å². The third kappa shape index (κ3) is 4.90. The van der Waals surface area contributed by atoms with Crippen LogP contribution in [0.15, 0.2) is 0 Å². The molecule has 0 aromatic heterocycles. The highest BCUT2D eigenvalue weighted by molar-refractivity contribution is 5.72. The third-order valence-corrected chi connectivity index (χ3v) is 3.22. The summed E-state index contributed by atoms with van der Waals surface area (Å²) in [6.07, 6.45) is 2.10. The zero-order chi connectivity index (χ0) is 13.4. The lowest BCUT2D eigenvalue weighted by molar-refractivity contribution is 0.0277. The molecule has 1 atom stereocenters. The molecular formula is C12H21N3O3. The molecule has 1 aliphatic heterocycles. The zero-order valence-electron chi connectivity index (χ0n) is 10.8. The van der Waals surface area contributed by atoms with Gasteiger partial charge in [0, 0.05) is 20.2 Å². The van der Waals surface area contributed by atoms with Gasteiger partial charge in [-0.05, 0) is 25.2 Å². The molecule has 102 valence electrons. The van der Waals surface area contributed by atoms with Crippen molar-refractivity contribution in [2.75, 3.05) is 33.4 Å². The van der Waals surface area contributed by atoms with Crippen molar-refractivity contribution in [3.8, 4) is 6.07 Å². The number of hydrogen-bond acceptors (Lipinski definition) is 4. The number of rotatable bonds is 6. The van der Waals surface area contributed by atoms with Crippen molar-refractivity contribution >= 4 is 6.03 Å². The normalized spacial score (nSPS) is 18.3. The number of urea groups is 1. The number of methoxy groups -OCH3 is 1. The summed E-state index contributed by atoms with van der Waals surface area (Å²) in [5.41, 5.74) is 5.22. The molecule has 1 fully saturated rings. The van der Waals surface area contributed by atoms with Crippen LogP contribution in [0.3, 0.4) is 0 Å². The number of carbonyl (C=O) groups is 1. The smallest absolute Gasteiger partial charge is 0.314 e. The van der Waals surface area contributed by atoms with Gasteiger partial charge in [-0.25, -0.2) is 4.79 Å². The Hall–Kier alpha value is -1.32. The van der Waals surface area contributed by atoms with Gasteiger partial charge in [-0.1, -0.05) is 0 Å². The highest BCUT2D eigenvalue weighted by atomic mass is 16.5. The Bertz CT molecular complexity index is 295. The summed E-state index contributed by atoms with van der Waals surface area (Å²) in [5.74, 6) is 0.424. The molecule has 6 heteroatoms. The average molecular weight is 255 g/mol. The van der Waals surface area contributed by atoms with E-state index in [-0.39, 0.29) is 12.1 Å². The summed E-state index contributed by atoms with van der Waals surface area (Å²) in [6.45, 7) is 2.29. The van der Waals surface area contributed by atoms with Crippen LogP contribution in [-0.2, 0) is 9.47 Å². The highest BCUT2D eigenvalue weighted by Gasteiger charge is 2.24. The minimum atomic E-state index is -0.384. The van der Waals surface area contributed by atoms with Crippen molar-refractivity contribution in [2.24, 2.45) is 11.7 Å². The Morgan fingerprint density at radius 3 is 2.67 bits per heavy atom. The van der Waals surface area contributed by atoms with Crippen molar-refractivity contribution in [1.82, 2.24) is 4.90 Å². The van der Waals surface area contributed by atoms with Gasteiger partial charge >= 0.3 is 6.03 Å². The fourth-order valence-electron chi connectivity index (χ4n) is 2.12. The number of hydrogen-bond donors (Lipinski definition) is 1. The van der Waals surface area contributed by atoms with Gasteiger partial charge in [0.2, 0.25) is 0 Å². The molecule has 1 saturated heterocycles. The molecule has 1 heterocycles. The van der Waals surface area contributed by atoms with Gasteiger partial charge in [-0.15, -0.1) is 0 Å². The van der Waals surface area contributed by atoms with Crippen LogP contribution in [-0.4, -0.2) is 50.4 Å². The monoisotopic (exact) mass is 255 g/mol. The molecule has 0 saturated carbocycles. The lowest BCUT2D eigenvalue weighted by Crippen LogP contribution is -2.42. The molecule has 0 radical (unpaired) electrons. The van der Waals surface area contributed by atoms with Crippen LogP contribution in [0.1, 0.15) is 19.3 Å². The molecule has 0 aliphatic carbocycles. The molecule has 2 amide bonds. The van der Waals surface area contributed by atoms with E-state index in [0.717, 1.165) is 12.8 Å². The van der Waals surface area contributed by atoms with Crippen LogP contribution < -0.4 is 5.73 Å². The number of ether oxygens (including phenoxy) is 2. The highest BCUT2D eigenvalue weighted by Crippen LogP contribution is 2.22. The Kier molecular flexibility index (Phi) is 6.47. The van der Waals surface area contributed by atoms with Gasteiger partial charge in [0.05, 0.1) is 19.3 Å². The second kappa shape index (κ2) is 7.90. The first kappa shape index (κ1) is 14.7. The van der Waals surface area contributed by atoms with E-state index in [1.165, 1.54) is 0 Å². The average Bonchev–Trinajstić information content (AvgIpc) is 2.38. The third-order valence-electron chi connectivity index (χ3n) is 3.22. The van der Waals surface area contributed by atoms with E-state index in [2.05, 4.69) is 6.07 Å². The van der Waals surface area contributed by atoms with E-state index < -0.39 is 0 Å². The van der Waals surface area contributed by atoms with E-state index in [4.69, 9.17) is 20.5 Å². The Morgan fingerprint density at radius 1 is 1.50 bits per heavy atom. The van der Waals surface area contributed by atoms with Gasteiger partial charge < -0.3 is 20.1 Å². The standard InChI is InChI=1S/C12H21N3O3/c1-17-6-7-18-11(9-13)8-10-2-4-15(5-3-10)12(14)16/h10-11H,2-8H2,1H3,(H2,14,16). The van der Waals surface area contributed by atoms with Gasteiger partial charge in [0.25, 0.3) is 0 Å². The first-order valence-electron chi connectivity index (χ1n) is 6.22. The van der Waals surface area contributed by atoms with Crippen molar-refractivity contribution in [1.29, 1.82) is 5.26 Å². The lowest BCUT2D eigenvalue weighted by Gasteiger charge is -2.31. The van der Waals surface area contributed by atoms with E-state index in [9.17, 15) is 4.79 Å². The number of nitriles is 1. The van der Waals surface area contributed by atoms with Crippen LogP contribution >= 0.6 is 0 Å².